The van der Waals surface area contributed by atoms with Gasteiger partial charge in [0, 0.05) is 6.54 Å². The second-order valence-corrected chi connectivity index (χ2v) is 4.99. The van der Waals surface area contributed by atoms with Gasteiger partial charge >= 0.3 is 6.03 Å². The zero-order chi connectivity index (χ0) is 14.6. The van der Waals surface area contributed by atoms with E-state index in [2.05, 4.69) is 10.6 Å². The highest BCUT2D eigenvalue weighted by atomic mass is 16.7. The summed E-state index contributed by atoms with van der Waals surface area (Å²) in [5.74, 6) is 0.0371. The van der Waals surface area contributed by atoms with Crippen LogP contribution in [0.2, 0.25) is 0 Å². The van der Waals surface area contributed by atoms with Gasteiger partial charge in [-0.3, -0.25) is 0 Å². The number of para-hydroxylation sites is 2. The van der Waals surface area contributed by atoms with E-state index in [4.69, 9.17) is 14.2 Å². The topological polar surface area (TPSA) is 68.8 Å². The Balaban J connectivity index is 1.81. The fourth-order valence-corrected chi connectivity index (χ4v) is 1.98. The van der Waals surface area contributed by atoms with E-state index in [9.17, 15) is 4.79 Å². The van der Waals surface area contributed by atoms with Crippen LogP contribution in [0.4, 0.5) is 10.5 Å². The van der Waals surface area contributed by atoms with Crippen LogP contribution in [-0.2, 0) is 9.47 Å². The first kappa shape index (κ1) is 14.6. The van der Waals surface area contributed by atoms with E-state index in [0.29, 0.717) is 24.6 Å². The molecular weight excluding hydrogens is 260 g/mol. The first-order chi connectivity index (χ1) is 9.50. The summed E-state index contributed by atoms with van der Waals surface area (Å²) in [5, 5.41) is 5.49. The molecule has 110 valence electrons. The smallest absolute Gasteiger partial charge is 0.319 e. The third-order valence-corrected chi connectivity index (χ3v) is 2.91. The van der Waals surface area contributed by atoms with Gasteiger partial charge in [-0.1, -0.05) is 12.1 Å². The molecule has 0 aliphatic carbocycles. The lowest BCUT2D eigenvalue weighted by Crippen LogP contribution is -2.37. The van der Waals surface area contributed by atoms with Gasteiger partial charge in [0.15, 0.2) is 5.79 Å². The minimum Gasteiger partial charge on any atom is -0.495 e. The monoisotopic (exact) mass is 280 g/mol. The summed E-state index contributed by atoms with van der Waals surface area (Å²) in [6.45, 7) is 4.57. The molecule has 6 nitrogen and oxygen atoms in total. The molecule has 1 aliphatic rings. The van der Waals surface area contributed by atoms with Gasteiger partial charge in [-0.2, -0.15) is 0 Å². The molecule has 1 saturated heterocycles. The third-order valence-electron chi connectivity index (χ3n) is 2.91. The van der Waals surface area contributed by atoms with Crippen LogP contribution >= 0.6 is 0 Å². The average molecular weight is 280 g/mol. The summed E-state index contributed by atoms with van der Waals surface area (Å²) < 4.78 is 16.2. The summed E-state index contributed by atoms with van der Waals surface area (Å²) >= 11 is 0. The van der Waals surface area contributed by atoms with Crippen molar-refractivity contribution in [2.45, 2.75) is 25.7 Å². The van der Waals surface area contributed by atoms with E-state index in [1.165, 1.54) is 0 Å². The maximum Gasteiger partial charge on any atom is 0.319 e. The largest absolute Gasteiger partial charge is 0.495 e. The molecular formula is C14H20N2O4. The number of benzene rings is 1. The van der Waals surface area contributed by atoms with Gasteiger partial charge in [-0.05, 0) is 26.0 Å². The number of hydrogen-bond donors (Lipinski definition) is 2. The maximum atomic E-state index is 11.8. The van der Waals surface area contributed by atoms with E-state index in [-0.39, 0.29) is 12.1 Å². The van der Waals surface area contributed by atoms with E-state index < -0.39 is 5.79 Å². The van der Waals surface area contributed by atoms with Gasteiger partial charge in [-0.25, -0.2) is 4.79 Å². The zero-order valence-electron chi connectivity index (χ0n) is 11.9. The number of anilines is 1. The molecule has 0 bridgehead atoms. The Labute approximate surface area is 118 Å². The quantitative estimate of drug-likeness (QED) is 0.884. The standard InChI is InChI=1S/C14H20N2O4/c1-14(2)19-9-10(20-14)8-15-13(17)16-11-6-4-5-7-12(11)18-3/h4-7,10H,8-9H2,1-3H3,(H2,15,16,17). The predicted molar refractivity (Wildman–Crippen MR) is 74.9 cm³/mol. The lowest BCUT2D eigenvalue weighted by molar-refractivity contribution is -0.137. The summed E-state index contributed by atoms with van der Waals surface area (Å²) in [4.78, 5) is 11.8. The Kier molecular flexibility index (Phi) is 4.46. The van der Waals surface area contributed by atoms with Gasteiger partial charge in [0.25, 0.3) is 0 Å². The number of amides is 2. The van der Waals surface area contributed by atoms with Gasteiger partial charge in [0.2, 0.25) is 0 Å². The molecule has 1 unspecified atom stereocenters. The van der Waals surface area contributed by atoms with Crippen molar-refractivity contribution in [3.63, 3.8) is 0 Å². The number of carbonyl (C=O) groups excluding carboxylic acids is 1. The molecule has 0 saturated carbocycles. The van der Waals surface area contributed by atoms with Crippen molar-refractivity contribution >= 4 is 11.7 Å². The minimum atomic E-state index is -0.578. The van der Waals surface area contributed by atoms with Crippen molar-refractivity contribution in [3.05, 3.63) is 24.3 Å². The van der Waals surface area contributed by atoms with E-state index in [1.807, 2.05) is 26.0 Å². The van der Waals surface area contributed by atoms with Crippen molar-refractivity contribution in [1.29, 1.82) is 0 Å². The first-order valence-corrected chi connectivity index (χ1v) is 6.50. The summed E-state index contributed by atoms with van der Waals surface area (Å²) in [6.07, 6.45) is -0.131. The van der Waals surface area contributed by atoms with Gasteiger partial charge in [0.05, 0.1) is 19.4 Å². The molecule has 1 heterocycles. The molecule has 0 aromatic heterocycles. The molecule has 2 amide bonds. The van der Waals surface area contributed by atoms with Crippen molar-refractivity contribution in [1.82, 2.24) is 5.32 Å². The molecule has 0 spiro atoms. The number of ether oxygens (including phenoxy) is 3. The van der Waals surface area contributed by atoms with Crippen LogP contribution in [0.25, 0.3) is 0 Å². The Morgan fingerprint density at radius 3 is 2.85 bits per heavy atom. The van der Waals surface area contributed by atoms with Gasteiger partial charge in [0.1, 0.15) is 11.9 Å². The normalized spacial score (nSPS) is 20.4. The van der Waals surface area contributed by atoms with Crippen LogP contribution in [0.5, 0.6) is 5.75 Å². The summed E-state index contributed by atoms with van der Waals surface area (Å²) in [7, 11) is 1.56. The molecule has 1 atom stereocenters. The predicted octanol–water partition coefficient (Wildman–Crippen LogP) is 1.97. The van der Waals surface area contributed by atoms with Crippen LogP contribution in [0.3, 0.4) is 0 Å². The van der Waals surface area contributed by atoms with Crippen molar-refractivity contribution in [2.24, 2.45) is 0 Å². The van der Waals surface area contributed by atoms with Crippen LogP contribution < -0.4 is 15.4 Å². The summed E-state index contributed by atoms with van der Waals surface area (Å²) in [5.41, 5.74) is 0.622. The van der Waals surface area contributed by atoms with Gasteiger partial charge < -0.3 is 24.8 Å². The number of rotatable bonds is 4. The molecule has 2 N–H and O–H groups in total. The van der Waals surface area contributed by atoms with Crippen molar-refractivity contribution in [2.75, 3.05) is 25.6 Å². The Bertz CT molecular complexity index is 476. The molecule has 1 fully saturated rings. The van der Waals surface area contributed by atoms with Gasteiger partial charge in [-0.15, -0.1) is 0 Å². The van der Waals surface area contributed by atoms with Crippen LogP contribution in [0.1, 0.15) is 13.8 Å². The SMILES string of the molecule is COc1ccccc1NC(=O)NCC1COC(C)(C)O1. The Morgan fingerprint density at radius 2 is 2.20 bits per heavy atom. The van der Waals surface area contributed by atoms with Crippen LogP contribution in [0.15, 0.2) is 24.3 Å². The lowest BCUT2D eigenvalue weighted by Gasteiger charge is -2.17. The van der Waals surface area contributed by atoms with Crippen LogP contribution in [-0.4, -0.2) is 38.2 Å². The number of urea groups is 1. The molecule has 2 rings (SSSR count). The number of nitrogens with one attached hydrogen (secondary N) is 2. The maximum absolute atomic E-state index is 11.8. The number of carbonyl (C=O) groups is 1. The van der Waals surface area contributed by atoms with E-state index in [0.717, 1.165) is 0 Å². The highest BCUT2D eigenvalue weighted by Crippen LogP contribution is 2.23. The molecule has 1 aromatic carbocycles. The highest BCUT2D eigenvalue weighted by Gasteiger charge is 2.32. The molecule has 0 radical (unpaired) electrons. The lowest BCUT2D eigenvalue weighted by atomic mass is 10.3. The second-order valence-electron chi connectivity index (χ2n) is 4.99. The number of methoxy groups -OCH3 is 1. The third kappa shape index (κ3) is 3.85. The molecule has 20 heavy (non-hydrogen) atoms. The fourth-order valence-electron chi connectivity index (χ4n) is 1.98. The van der Waals surface area contributed by atoms with Crippen LogP contribution in [0, 0.1) is 0 Å². The van der Waals surface area contributed by atoms with E-state index in [1.54, 1.807) is 19.2 Å². The highest BCUT2D eigenvalue weighted by molar-refractivity contribution is 5.90. The Morgan fingerprint density at radius 1 is 1.45 bits per heavy atom. The van der Waals surface area contributed by atoms with Crippen molar-refractivity contribution in [3.8, 4) is 5.75 Å². The fraction of sp³-hybridized carbons (Fsp3) is 0.500. The van der Waals surface area contributed by atoms with E-state index >= 15 is 0 Å². The molecule has 1 aliphatic heterocycles. The summed E-state index contributed by atoms with van der Waals surface area (Å²) in [6, 6.07) is 6.92. The Hall–Kier alpha value is -1.79. The first-order valence-electron chi connectivity index (χ1n) is 6.50. The molecule has 1 aromatic rings. The average Bonchev–Trinajstić information content (AvgIpc) is 2.77. The zero-order valence-corrected chi connectivity index (χ0v) is 11.9. The molecule has 6 heteroatoms. The van der Waals surface area contributed by atoms with Crippen molar-refractivity contribution < 1.29 is 19.0 Å². The number of hydrogen-bond acceptors (Lipinski definition) is 4. The minimum absolute atomic E-state index is 0.131. The second kappa shape index (κ2) is 6.11.